The first-order valence-corrected chi connectivity index (χ1v) is 8.99. The van der Waals surface area contributed by atoms with Crippen LogP contribution in [0.1, 0.15) is 24.1 Å². The summed E-state index contributed by atoms with van der Waals surface area (Å²) in [5.74, 6) is -0.706. The Balaban J connectivity index is 2.02. The van der Waals surface area contributed by atoms with E-state index in [9.17, 15) is 17.6 Å². The Morgan fingerprint density at radius 3 is 2.30 bits per heavy atom. The molecule has 1 amide bonds. The molecule has 0 spiro atoms. The summed E-state index contributed by atoms with van der Waals surface area (Å²) >= 11 is 0. The van der Waals surface area contributed by atoms with Gasteiger partial charge >= 0.3 is 0 Å². The van der Waals surface area contributed by atoms with E-state index in [4.69, 9.17) is 0 Å². The Morgan fingerprint density at radius 2 is 1.74 bits per heavy atom. The molecule has 0 aliphatic rings. The van der Waals surface area contributed by atoms with Crippen molar-refractivity contribution in [1.82, 2.24) is 5.32 Å². The first-order chi connectivity index (χ1) is 10.8. The molecule has 0 fully saturated rings. The molecule has 0 aromatic heterocycles. The minimum Gasteiger partial charge on any atom is -0.349 e. The highest BCUT2D eigenvalue weighted by atomic mass is 32.2. The summed E-state index contributed by atoms with van der Waals surface area (Å²) < 4.78 is 36.4. The van der Waals surface area contributed by atoms with Gasteiger partial charge in [-0.3, -0.25) is 4.79 Å². The molecule has 4 nitrogen and oxygen atoms in total. The summed E-state index contributed by atoms with van der Waals surface area (Å²) in [6.45, 7) is 1.79. The molecule has 0 heterocycles. The van der Waals surface area contributed by atoms with E-state index in [1.807, 2.05) is 0 Å². The maximum atomic E-state index is 13.5. The number of carbonyl (C=O) groups is 1. The van der Waals surface area contributed by atoms with Crippen molar-refractivity contribution in [2.24, 2.45) is 0 Å². The highest BCUT2D eigenvalue weighted by molar-refractivity contribution is 7.90. The lowest BCUT2D eigenvalue weighted by atomic mass is 10.1. The second kappa shape index (κ2) is 6.91. The average Bonchev–Trinajstić information content (AvgIpc) is 2.49. The van der Waals surface area contributed by atoms with Gasteiger partial charge < -0.3 is 5.32 Å². The van der Waals surface area contributed by atoms with Gasteiger partial charge in [0.25, 0.3) is 0 Å². The smallest absolute Gasteiger partial charge is 0.225 e. The molecule has 122 valence electrons. The zero-order valence-corrected chi connectivity index (χ0v) is 13.7. The van der Waals surface area contributed by atoms with Gasteiger partial charge in [0, 0.05) is 6.26 Å². The Morgan fingerprint density at radius 1 is 1.13 bits per heavy atom. The van der Waals surface area contributed by atoms with Crippen LogP contribution in [0.5, 0.6) is 0 Å². The van der Waals surface area contributed by atoms with Crippen LogP contribution in [0.2, 0.25) is 0 Å². The van der Waals surface area contributed by atoms with E-state index in [1.54, 1.807) is 37.3 Å². The van der Waals surface area contributed by atoms with Gasteiger partial charge in [0.2, 0.25) is 5.91 Å². The summed E-state index contributed by atoms with van der Waals surface area (Å²) in [5.41, 5.74) is 1.11. The van der Waals surface area contributed by atoms with Gasteiger partial charge in [0.1, 0.15) is 5.82 Å². The fourth-order valence-electron chi connectivity index (χ4n) is 2.19. The predicted molar refractivity (Wildman–Crippen MR) is 86.2 cm³/mol. The maximum Gasteiger partial charge on any atom is 0.225 e. The molecule has 23 heavy (non-hydrogen) atoms. The minimum absolute atomic E-state index is 0.0432. The van der Waals surface area contributed by atoms with E-state index in [2.05, 4.69) is 5.32 Å². The van der Waals surface area contributed by atoms with Gasteiger partial charge in [0.15, 0.2) is 9.84 Å². The number of benzene rings is 2. The van der Waals surface area contributed by atoms with Crippen LogP contribution in [0.15, 0.2) is 53.4 Å². The quantitative estimate of drug-likeness (QED) is 0.914. The van der Waals surface area contributed by atoms with Crippen LogP contribution < -0.4 is 5.32 Å². The highest BCUT2D eigenvalue weighted by Gasteiger charge is 2.13. The molecule has 2 rings (SSSR count). The Kier molecular flexibility index (Phi) is 5.15. The molecule has 2 aromatic rings. The van der Waals surface area contributed by atoms with Crippen molar-refractivity contribution in [3.63, 3.8) is 0 Å². The molecule has 0 aliphatic carbocycles. The second-order valence-corrected chi connectivity index (χ2v) is 7.41. The second-order valence-electron chi connectivity index (χ2n) is 5.40. The zero-order valence-electron chi connectivity index (χ0n) is 12.9. The van der Waals surface area contributed by atoms with Crippen molar-refractivity contribution >= 4 is 15.7 Å². The van der Waals surface area contributed by atoms with Gasteiger partial charge in [0.05, 0.1) is 17.4 Å². The van der Waals surface area contributed by atoms with Crippen molar-refractivity contribution in [3.05, 3.63) is 65.5 Å². The van der Waals surface area contributed by atoms with Gasteiger partial charge in [-0.2, -0.15) is 0 Å². The van der Waals surface area contributed by atoms with E-state index >= 15 is 0 Å². The van der Waals surface area contributed by atoms with Gasteiger partial charge in [-0.1, -0.05) is 30.3 Å². The lowest BCUT2D eigenvalue weighted by Gasteiger charge is -2.15. The van der Waals surface area contributed by atoms with Crippen LogP contribution >= 0.6 is 0 Å². The molecule has 0 radical (unpaired) electrons. The summed E-state index contributed by atoms with van der Waals surface area (Å²) in [5, 5.41) is 2.78. The van der Waals surface area contributed by atoms with Crippen LogP contribution in [0.4, 0.5) is 4.39 Å². The number of sulfone groups is 1. The lowest BCUT2D eigenvalue weighted by molar-refractivity contribution is -0.121. The first-order valence-electron chi connectivity index (χ1n) is 7.10. The molecule has 0 saturated heterocycles. The molecule has 6 heteroatoms. The molecule has 1 N–H and O–H groups in total. The van der Waals surface area contributed by atoms with Crippen LogP contribution in [-0.4, -0.2) is 20.6 Å². The number of halogens is 1. The molecule has 0 aliphatic heterocycles. The Hall–Kier alpha value is -2.21. The topological polar surface area (TPSA) is 63.2 Å². The van der Waals surface area contributed by atoms with Crippen molar-refractivity contribution in [3.8, 4) is 0 Å². The Bertz CT molecular complexity index is 801. The standard InChI is InChI=1S/C17H18FNO3S/c1-12(13-7-9-15(10-8-13)23(2,21)22)19-17(20)11-14-5-3-4-6-16(14)18/h3-10,12H,11H2,1-2H3,(H,19,20). The highest BCUT2D eigenvalue weighted by Crippen LogP contribution is 2.16. The van der Waals surface area contributed by atoms with Crippen LogP contribution in [0.25, 0.3) is 0 Å². The fourth-order valence-corrected chi connectivity index (χ4v) is 2.82. The lowest BCUT2D eigenvalue weighted by Crippen LogP contribution is -2.28. The Labute approximate surface area is 135 Å². The molecule has 1 atom stereocenters. The summed E-state index contributed by atoms with van der Waals surface area (Å²) in [6.07, 6.45) is 1.10. The minimum atomic E-state index is -3.24. The molecular formula is C17H18FNO3S. The SMILES string of the molecule is CC(NC(=O)Cc1ccccc1F)c1ccc(S(C)(=O)=O)cc1. The van der Waals surface area contributed by atoms with Crippen LogP contribution in [0, 0.1) is 5.82 Å². The summed E-state index contributed by atoms with van der Waals surface area (Å²) in [4.78, 5) is 12.2. The van der Waals surface area contributed by atoms with Crippen molar-refractivity contribution in [1.29, 1.82) is 0 Å². The monoisotopic (exact) mass is 335 g/mol. The molecule has 2 aromatic carbocycles. The van der Waals surface area contributed by atoms with Crippen LogP contribution in [0.3, 0.4) is 0 Å². The van der Waals surface area contributed by atoms with Gasteiger partial charge in [-0.05, 0) is 36.2 Å². The fraction of sp³-hybridized carbons (Fsp3) is 0.235. The summed E-state index contributed by atoms with van der Waals surface area (Å²) in [7, 11) is -3.24. The number of amides is 1. The van der Waals surface area contributed by atoms with E-state index < -0.39 is 15.7 Å². The number of nitrogens with one attached hydrogen (secondary N) is 1. The van der Waals surface area contributed by atoms with Crippen molar-refractivity contribution in [2.45, 2.75) is 24.3 Å². The van der Waals surface area contributed by atoms with E-state index in [-0.39, 0.29) is 23.3 Å². The maximum absolute atomic E-state index is 13.5. The normalized spacial score (nSPS) is 12.7. The number of carbonyl (C=O) groups excluding carboxylic acids is 1. The molecule has 0 saturated carbocycles. The average molecular weight is 335 g/mol. The van der Waals surface area contributed by atoms with Gasteiger partial charge in [-0.25, -0.2) is 12.8 Å². The van der Waals surface area contributed by atoms with E-state index in [0.29, 0.717) is 5.56 Å². The third-order valence-electron chi connectivity index (χ3n) is 3.49. The van der Waals surface area contributed by atoms with Crippen molar-refractivity contribution < 1.29 is 17.6 Å². The zero-order chi connectivity index (χ0) is 17.0. The number of hydrogen-bond donors (Lipinski definition) is 1. The third-order valence-corrected chi connectivity index (χ3v) is 4.62. The summed E-state index contributed by atoms with van der Waals surface area (Å²) in [6, 6.07) is 12.2. The first kappa shape index (κ1) is 17.1. The van der Waals surface area contributed by atoms with E-state index in [0.717, 1.165) is 11.8 Å². The van der Waals surface area contributed by atoms with E-state index in [1.165, 1.54) is 18.2 Å². The van der Waals surface area contributed by atoms with Crippen LogP contribution in [-0.2, 0) is 21.1 Å². The number of hydrogen-bond acceptors (Lipinski definition) is 3. The largest absolute Gasteiger partial charge is 0.349 e. The predicted octanol–water partition coefficient (Wildman–Crippen LogP) is 2.65. The molecule has 0 bridgehead atoms. The third kappa shape index (κ3) is 4.63. The molecule has 1 unspecified atom stereocenters. The van der Waals surface area contributed by atoms with Gasteiger partial charge in [-0.15, -0.1) is 0 Å². The number of rotatable bonds is 5. The van der Waals surface area contributed by atoms with Crippen molar-refractivity contribution in [2.75, 3.05) is 6.26 Å². The molecular weight excluding hydrogens is 317 g/mol.